The van der Waals surface area contributed by atoms with Gasteiger partial charge in [0.1, 0.15) is 36.0 Å². The van der Waals surface area contributed by atoms with Gasteiger partial charge in [-0.05, 0) is 62.2 Å². The van der Waals surface area contributed by atoms with Crippen LogP contribution in [0.15, 0.2) is 47.5 Å². The van der Waals surface area contributed by atoms with Gasteiger partial charge in [0.2, 0.25) is 59.1 Å². The van der Waals surface area contributed by atoms with Crippen LogP contribution in [0, 0.1) is 18.8 Å². The average molecular weight is 1100 g/mol. The molecule has 3 heterocycles. The quantitative estimate of drug-likeness (QED) is 0.0668. The lowest BCUT2D eigenvalue weighted by molar-refractivity contribution is -0.144. The van der Waals surface area contributed by atoms with Gasteiger partial charge in [-0.15, -0.1) is 11.8 Å². The highest BCUT2D eigenvalue weighted by molar-refractivity contribution is 7.99. The number of nitrogens with zero attached hydrogens (tertiary/aromatic N) is 1. The van der Waals surface area contributed by atoms with E-state index in [9.17, 15) is 68.4 Å². The Balaban J connectivity index is 1.51. The summed E-state index contributed by atoms with van der Waals surface area (Å²) in [5.74, 6) is -10.4. The first-order valence-electron chi connectivity index (χ1n) is 25.1. The molecule has 0 bridgehead atoms. The van der Waals surface area contributed by atoms with E-state index in [2.05, 4.69) is 58.2 Å². The Hall–Kier alpha value is -7.33. The third-order valence-electron chi connectivity index (χ3n) is 13.5. The lowest BCUT2D eigenvalue weighted by Crippen LogP contribution is -2.61. The topological polar surface area (TPSA) is 391 Å². The molecule has 2 fully saturated rings. The number of phenolic OH excluding ortho intramolecular Hbond substituents is 1. The number of aliphatic hydroxyl groups excluding tert-OH is 3. The summed E-state index contributed by atoms with van der Waals surface area (Å²) >= 11 is 1.09. The Bertz CT molecular complexity index is 2650. The van der Waals surface area contributed by atoms with E-state index in [4.69, 9.17) is 0 Å². The molecule has 2 aliphatic heterocycles. The minimum Gasteiger partial charge on any atom is -0.508 e. The number of fused-ring (bicyclic) bond motifs is 2. The summed E-state index contributed by atoms with van der Waals surface area (Å²) in [5, 5.41) is 68.3. The fraction of sp³-hybridized carbons (Fsp3) is 0.520. The van der Waals surface area contributed by atoms with Crippen molar-refractivity contribution in [1.29, 1.82) is 0 Å². The third kappa shape index (κ3) is 16.8. The van der Waals surface area contributed by atoms with Crippen LogP contribution in [-0.2, 0) is 54.5 Å². The molecule has 15 N–H and O–H groups in total. The van der Waals surface area contributed by atoms with Crippen LogP contribution in [-0.4, -0.2) is 183 Å². The molecule has 0 spiro atoms. The van der Waals surface area contributed by atoms with Crippen LogP contribution >= 0.6 is 11.8 Å². The highest BCUT2D eigenvalue weighted by Crippen LogP contribution is 2.31. The van der Waals surface area contributed by atoms with E-state index in [1.807, 2.05) is 0 Å². The van der Waals surface area contributed by atoms with Crippen molar-refractivity contribution in [2.45, 2.75) is 114 Å². The normalized spacial score (nSPS) is 23.3. The van der Waals surface area contributed by atoms with Crippen molar-refractivity contribution in [1.82, 2.24) is 57.7 Å². The molecule has 0 radical (unpaired) electrons. The van der Waals surface area contributed by atoms with Crippen molar-refractivity contribution in [3.63, 3.8) is 0 Å². The number of nitrogens with one attached hydrogen (secondary N) is 11. The largest absolute Gasteiger partial charge is 0.508 e. The molecule has 0 aliphatic carbocycles. The number of carbonyl (C=O) groups is 10. The number of anilines is 1. The zero-order chi connectivity index (χ0) is 56.7. The zero-order valence-corrected chi connectivity index (χ0v) is 44.4. The van der Waals surface area contributed by atoms with Crippen molar-refractivity contribution >= 4 is 87.4 Å². The molecule has 10 atom stereocenters. The molecule has 1 aromatic heterocycles. The number of phenols is 1. The van der Waals surface area contributed by atoms with Crippen LogP contribution in [0.25, 0.3) is 10.9 Å². The molecule has 2 saturated heterocycles. The number of H-pyrrole nitrogens is 1. The number of benzene rings is 2. The van der Waals surface area contributed by atoms with E-state index in [1.54, 1.807) is 65.1 Å². The van der Waals surface area contributed by atoms with Crippen molar-refractivity contribution in [2.75, 3.05) is 50.9 Å². The lowest BCUT2D eigenvalue weighted by Gasteiger charge is -2.32. The Kier molecular flexibility index (Phi) is 22.1. The van der Waals surface area contributed by atoms with Crippen LogP contribution in [0.1, 0.15) is 58.1 Å². The van der Waals surface area contributed by atoms with Crippen LogP contribution in [0.2, 0.25) is 0 Å². The van der Waals surface area contributed by atoms with Gasteiger partial charge in [-0.25, -0.2) is 0 Å². The molecule has 2 aromatic carbocycles. The summed E-state index contributed by atoms with van der Waals surface area (Å²) in [6.07, 6.45) is -3.71. The summed E-state index contributed by atoms with van der Waals surface area (Å²) in [5.41, 5.74) is 2.36. The van der Waals surface area contributed by atoms with Crippen molar-refractivity contribution < 1.29 is 68.4 Å². The second-order valence-electron chi connectivity index (χ2n) is 19.1. The van der Waals surface area contributed by atoms with Crippen molar-refractivity contribution in [3.8, 4) is 5.75 Å². The van der Waals surface area contributed by atoms with Gasteiger partial charge >= 0.3 is 0 Å². The van der Waals surface area contributed by atoms with Crippen molar-refractivity contribution in [2.24, 2.45) is 11.8 Å². The number of thioether (sulfide) groups is 1. The molecule has 10 amide bonds. The van der Waals surface area contributed by atoms with Gasteiger partial charge in [0.25, 0.3) is 0 Å². The number of aryl methyl sites for hydroxylation is 1. The standard InChI is InChI=1S/C50H70N12O14S/c1-7-24(2)42-47(74)55-20-40(69)57-35(23-77-49-25(3)32-13-12-30(64)14-33(32)59-49)45(72)58-34(16-38(67)52-17-28-8-10-29(11-9-28)56-44(71)27(5)51-6)50(76)62-21-31(65)15-36(62)46(73)61-43(26(4)37(66)22-63)48(75)54-18-39(68)53-19-41(70)60-42/h8-14,24,26-27,31,34-37,42-43,51,59,63-66H,7,15-23H2,1-6H3,(H,52,67)(H,53,68)(H,54,75)(H,55,74)(H,56,71)(H,57,69)(H,58,72)(H,60,70)(H,61,73)/t24?,26-,27?,31+,34?,35-,36?,37?,42?,43?/m0/s1. The summed E-state index contributed by atoms with van der Waals surface area (Å²) in [6.45, 7) is 4.68. The summed E-state index contributed by atoms with van der Waals surface area (Å²) in [4.78, 5) is 141. The fourth-order valence-corrected chi connectivity index (χ4v) is 9.44. The molecule has 420 valence electrons. The van der Waals surface area contributed by atoms with Gasteiger partial charge in [-0.1, -0.05) is 39.3 Å². The van der Waals surface area contributed by atoms with Crippen LogP contribution < -0.4 is 53.2 Å². The first-order chi connectivity index (χ1) is 36.5. The number of aromatic nitrogens is 1. The predicted molar refractivity (Wildman–Crippen MR) is 280 cm³/mol. The molecule has 26 nitrogen and oxygen atoms in total. The number of amides is 10. The first kappa shape index (κ1) is 60.5. The van der Waals surface area contributed by atoms with Gasteiger partial charge in [0, 0.05) is 48.3 Å². The lowest BCUT2D eigenvalue weighted by atomic mass is 9.94. The maximum absolute atomic E-state index is 14.8. The highest BCUT2D eigenvalue weighted by Gasteiger charge is 2.44. The second kappa shape index (κ2) is 28.2. The van der Waals surface area contributed by atoms with E-state index in [0.29, 0.717) is 28.2 Å². The Labute approximate surface area is 448 Å². The Morgan fingerprint density at radius 3 is 2.12 bits per heavy atom. The maximum Gasteiger partial charge on any atom is 0.246 e. The van der Waals surface area contributed by atoms with Crippen LogP contribution in [0.3, 0.4) is 0 Å². The molecule has 3 aromatic rings. The predicted octanol–water partition coefficient (Wildman–Crippen LogP) is -3.17. The van der Waals surface area contributed by atoms with E-state index < -0.39 is 159 Å². The number of rotatable bonds is 15. The molecule has 0 saturated carbocycles. The van der Waals surface area contributed by atoms with E-state index in [0.717, 1.165) is 27.6 Å². The number of likely N-dealkylation sites (N-methyl/N-ethyl adjacent to an activating group) is 1. The molecule has 5 rings (SSSR count). The third-order valence-corrected chi connectivity index (χ3v) is 14.6. The van der Waals surface area contributed by atoms with Gasteiger partial charge in [0.15, 0.2) is 0 Å². The van der Waals surface area contributed by atoms with E-state index in [1.165, 1.54) is 19.1 Å². The molecule has 2 aliphatic rings. The summed E-state index contributed by atoms with van der Waals surface area (Å²) in [7, 11) is 1.64. The van der Waals surface area contributed by atoms with Gasteiger partial charge < -0.3 is 83.5 Å². The number of aromatic amines is 1. The Morgan fingerprint density at radius 2 is 1.45 bits per heavy atom. The fourth-order valence-electron chi connectivity index (χ4n) is 8.36. The van der Waals surface area contributed by atoms with Crippen LogP contribution in [0.5, 0.6) is 5.75 Å². The van der Waals surface area contributed by atoms with Gasteiger partial charge in [-0.2, -0.15) is 0 Å². The Morgan fingerprint density at radius 1 is 0.805 bits per heavy atom. The number of carbonyl (C=O) groups excluding carboxylic acids is 10. The second-order valence-corrected chi connectivity index (χ2v) is 20.1. The monoisotopic (exact) mass is 1090 g/mol. The number of hydrogen-bond donors (Lipinski definition) is 15. The smallest absolute Gasteiger partial charge is 0.246 e. The SMILES string of the molecule is CCC(C)C1NC(=O)CNC(=O)CNC(=O)C([C@@H](C)C(O)CO)NC(=O)C2C[C@@H](O)CN2C(=O)C(CC(=O)NCc2ccc(NC(=O)C(C)NC)cc2)NC(=O)[C@H](CSc2[nH]c3cc(O)ccc3c2C)NC(=O)CNC1=O. The van der Waals surface area contributed by atoms with E-state index >= 15 is 0 Å². The van der Waals surface area contributed by atoms with E-state index in [-0.39, 0.29) is 24.0 Å². The molecule has 77 heavy (non-hydrogen) atoms. The summed E-state index contributed by atoms with van der Waals surface area (Å²) in [6, 6.07) is 2.97. The van der Waals surface area contributed by atoms with Crippen LogP contribution in [0.4, 0.5) is 5.69 Å². The van der Waals surface area contributed by atoms with Crippen molar-refractivity contribution in [3.05, 3.63) is 53.6 Å². The number of aliphatic hydroxyl groups is 3. The minimum atomic E-state index is -1.80. The zero-order valence-electron chi connectivity index (χ0n) is 43.6. The molecular weight excluding hydrogens is 1020 g/mol. The number of aromatic hydroxyl groups is 1. The first-order valence-corrected chi connectivity index (χ1v) is 26.1. The highest BCUT2D eigenvalue weighted by atomic mass is 32.2. The summed E-state index contributed by atoms with van der Waals surface area (Å²) < 4.78 is 0. The minimum absolute atomic E-state index is 0.0124. The molecular formula is C50H70N12O14S. The maximum atomic E-state index is 14.8. The van der Waals surface area contributed by atoms with Gasteiger partial charge in [-0.3, -0.25) is 47.9 Å². The molecule has 27 heteroatoms. The molecule has 7 unspecified atom stereocenters. The average Bonchev–Trinajstić information content (AvgIpc) is 3.96. The van der Waals surface area contributed by atoms with Gasteiger partial charge in [0.05, 0.1) is 61.5 Å². The number of hydrogen-bond acceptors (Lipinski definition) is 16.